The maximum atomic E-state index is 9.73. The molecule has 1 unspecified atom stereocenters. The van der Waals surface area contributed by atoms with Crippen molar-refractivity contribution >= 4 is 0 Å². The Labute approximate surface area is 91.1 Å². The van der Waals surface area contributed by atoms with E-state index in [2.05, 4.69) is 18.2 Å². The lowest BCUT2D eigenvalue weighted by atomic mass is 10.1. The van der Waals surface area contributed by atoms with E-state index < -0.39 is 0 Å². The SMILES string of the molecule is CCCn1cc(CCC(O)C2CC2)cn1. The lowest BCUT2D eigenvalue weighted by molar-refractivity contribution is 0.142. The van der Waals surface area contributed by atoms with Crippen LogP contribution in [0, 0.1) is 5.92 Å². The van der Waals surface area contributed by atoms with Crippen molar-refractivity contribution in [2.75, 3.05) is 0 Å². The molecule has 1 aliphatic carbocycles. The predicted molar refractivity (Wildman–Crippen MR) is 59.6 cm³/mol. The second kappa shape index (κ2) is 4.79. The first kappa shape index (κ1) is 10.7. The van der Waals surface area contributed by atoms with Gasteiger partial charge >= 0.3 is 0 Å². The van der Waals surface area contributed by atoms with Gasteiger partial charge in [0.05, 0.1) is 12.3 Å². The van der Waals surface area contributed by atoms with Crippen LogP contribution in [-0.4, -0.2) is 21.0 Å². The van der Waals surface area contributed by atoms with E-state index in [4.69, 9.17) is 0 Å². The number of hydrogen-bond donors (Lipinski definition) is 1. The topological polar surface area (TPSA) is 38.0 Å². The average molecular weight is 208 g/mol. The van der Waals surface area contributed by atoms with Crippen molar-refractivity contribution in [3.63, 3.8) is 0 Å². The zero-order valence-electron chi connectivity index (χ0n) is 9.39. The predicted octanol–water partition coefficient (Wildman–Crippen LogP) is 2.00. The zero-order chi connectivity index (χ0) is 10.7. The summed E-state index contributed by atoms with van der Waals surface area (Å²) in [5.41, 5.74) is 1.25. The van der Waals surface area contributed by atoms with Crippen LogP contribution in [0.3, 0.4) is 0 Å². The van der Waals surface area contributed by atoms with Gasteiger partial charge in [-0.05, 0) is 43.6 Å². The van der Waals surface area contributed by atoms with E-state index in [1.54, 1.807) is 0 Å². The molecule has 84 valence electrons. The summed E-state index contributed by atoms with van der Waals surface area (Å²) in [4.78, 5) is 0. The Morgan fingerprint density at radius 1 is 1.60 bits per heavy atom. The number of aromatic nitrogens is 2. The highest BCUT2D eigenvalue weighted by Crippen LogP contribution is 2.34. The van der Waals surface area contributed by atoms with Crippen LogP contribution >= 0.6 is 0 Å². The van der Waals surface area contributed by atoms with Crippen LogP contribution in [0.5, 0.6) is 0 Å². The van der Waals surface area contributed by atoms with Gasteiger partial charge in [-0.3, -0.25) is 4.68 Å². The molecule has 0 spiro atoms. The van der Waals surface area contributed by atoms with Crippen LogP contribution in [0.1, 0.15) is 38.2 Å². The summed E-state index contributed by atoms with van der Waals surface area (Å²) < 4.78 is 1.98. The highest BCUT2D eigenvalue weighted by Gasteiger charge is 2.29. The van der Waals surface area contributed by atoms with Crippen LogP contribution < -0.4 is 0 Å². The van der Waals surface area contributed by atoms with Crippen LogP contribution in [-0.2, 0) is 13.0 Å². The third-order valence-corrected chi connectivity index (χ3v) is 3.03. The highest BCUT2D eigenvalue weighted by atomic mass is 16.3. The van der Waals surface area contributed by atoms with Crippen molar-refractivity contribution in [3.05, 3.63) is 18.0 Å². The van der Waals surface area contributed by atoms with Gasteiger partial charge in [0.2, 0.25) is 0 Å². The molecule has 0 amide bonds. The summed E-state index contributed by atoms with van der Waals surface area (Å²) in [6.45, 7) is 3.14. The Bertz CT molecular complexity index is 304. The van der Waals surface area contributed by atoms with E-state index in [9.17, 15) is 5.11 Å². The van der Waals surface area contributed by atoms with Gasteiger partial charge in [0.1, 0.15) is 0 Å². The van der Waals surface area contributed by atoms with E-state index in [1.165, 1.54) is 18.4 Å². The smallest absolute Gasteiger partial charge is 0.0571 e. The van der Waals surface area contributed by atoms with Crippen LogP contribution in [0.4, 0.5) is 0 Å². The first-order valence-electron chi connectivity index (χ1n) is 5.99. The second-order valence-corrected chi connectivity index (χ2v) is 4.56. The molecule has 1 atom stereocenters. The first-order valence-corrected chi connectivity index (χ1v) is 5.99. The Balaban J connectivity index is 1.76. The van der Waals surface area contributed by atoms with E-state index in [0.717, 1.165) is 25.8 Å². The lowest BCUT2D eigenvalue weighted by Crippen LogP contribution is -2.09. The van der Waals surface area contributed by atoms with Crippen LogP contribution in [0.25, 0.3) is 0 Å². The minimum Gasteiger partial charge on any atom is -0.393 e. The van der Waals surface area contributed by atoms with Crippen molar-refractivity contribution in [3.8, 4) is 0 Å². The summed E-state index contributed by atoms with van der Waals surface area (Å²) in [7, 11) is 0. The van der Waals surface area contributed by atoms with Gasteiger partial charge in [-0.25, -0.2) is 0 Å². The molecule has 1 aliphatic rings. The molecule has 0 aliphatic heterocycles. The van der Waals surface area contributed by atoms with E-state index in [1.807, 2.05) is 10.9 Å². The van der Waals surface area contributed by atoms with E-state index in [0.29, 0.717) is 5.92 Å². The molecule has 2 rings (SSSR count). The van der Waals surface area contributed by atoms with Gasteiger partial charge < -0.3 is 5.11 Å². The largest absolute Gasteiger partial charge is 0.393 e. The standard InChI is InChI=1S/C12H20N2O/c1-2-7-14-9-10(8-13-14)3-6-12(15)11-4-5-11/h8-9,11-12,15H,2-7H2,1H3. The van der Waals surface area contributed by atoms with Crippen molar-refractivity contribution in [1.29, 1.82) is 0 Å². The van der Waals surface area contributed by atoms with Gasteiger partial charge in [-0.15, -0.1) is 0 Å². The number of hydrogen-bond acceptors (Lipinski definition) is 2. The maximum absolute atomic E-state index is 9.73. The van der Waals surface area contributed by atoms with Crippen molar-refractivity contribution < 1.29 is 5.11 Å². The van der Waals surface area contributed by atoms with Crippen molar-refractivity contribution in [2.45, 2.75) is 51.7 Å². The number of aliphatic hydroxyl groups excluding tert-OH is 1. The molecule has 1 saturated carbocycles. The molecule has 1 fully saturated rings. The lowest BCUT2D eigenvalue weighted by Gasteiger charge is -2.06. The minimum absolute atomic E-state index is 0.0838. The molecule has 1 heterocycles. The number of aryl methyl sites for hydroxylation is 2. The Morgan fingerprint density at radius 3 is 3.07 bits per heavy atom. The highest BCUT2D eigenvalue weighted by molar-refractivity contribution is 5.04. The van der Waals surface area contributed by atoms with Gasteiger partial charge in [0, 0.05) is 12.7 Å². The molecular weight excluding hydrogens is 188 g/mol. The molecule has 1 aromatic rings. The van der Waals surface area contributed by atoms with Gasteiger partial charge in [0.25, 0.3) is 0 Å². The zero-order valence-corrected chi connectivity index (χ0v) is 9.39. The van der Waals surface area contributed by atoms with Gasteiger partial charge in [-0.2, -0.15) is 5.10 Å². The van der Waals surface area contributed by atoms with Crippen molar-refractivity contribution in [2.24, 2.45) is 5.92 Å². The van der Waals surface area contributed by atoms with E-state index in [-0.39, 0.29) is 6.10 Å². The Hall–Kier alpha value is -0.830. The fourth-order valence-electron chi connectivity index (χ4n) is 1.92. The quantitative estimate of drug-likeness (QED) is 0.776. The summed E-state index contributed by atoms with van der Waals surface area (Å²) in [5, 5.41) is 14.0. The Kier molecular flexibility index (Phi) is 3.41. The van der Waals surface area contributed by atoms with Gasteiger partial charge in [-0.1, -0.05) is 6.92 Å². The van der Waals surface area contributed by atoms with E-state index >= 15 is 0 Å². The molecular formula is C12H20N2O. The molecule has 0 radical (unpaired) electrons. The third kappa shape index (κ3) is 3.06. The summed E-state index contributed by atoms with van der Waals surface area (Å²) in [6, 6.07) is 0. The first-order chi connectivity index (χ1) is 7.29. The van der Waals surface area contributed by atoms with Crippen LogP contribution in [0.2, 0.25) is 0 Å². The maximum Gasteiger partial charge on any atom is 0.0571 e. The number of nitrogens with zero attached hydrogens (tertiary/aromatic N) is 2. The summed E-state index contributed by atoms with van der Waals surface area (Å²) in [5.74, 6) is 0.593. The molecule has 0 bridgehead atoms. The molecule has 1 N–H and O–H groups in total. The summed E-state index contributed by atoms with van der Waals surface area (Å²) in [6.07, 6.45) is 9.35. The molecule has 15 heavy (non-hydrogen) atoms. The molecule has 1 aromatic heterocycles. The molecule has 3 nitrogen and oxygen atoms in total. The van der Waals surface area contributed by atoms with Gasteiger partial charge in [0.15, 0.2) is 0 Å². The third-order valence-electron chi connectivity index (χ3n) is 3.03. The monoisotopic (exact) mass is 208 g/mol. The fraction of sp³-hybridized carbons (Fsp3) is 0.750. The summed E-state index contributed by atoms with van der Waals surface area (Å²) >= 11 is 0. The van der Waals surface area contributed by atoms with Crippen LogP contribution in [0.15, 0.2) is 12.4 Å². The molecule has 0 saturated heterocycles. The Morgan fingerprint density at radius 2 is 2.40 bits per heavy atom. The fourth-order valence-corrected chi connectivity index (χ4v) is 1.92. The number of rotatable bonds is 6. The van der Waals surface area contributed by atoms with Crippen molar-refractivity contribution in [1.82, 2.24) is 9.78 Å². The normalized spacial score (nSPS) is 18.0. The minimum atomic E-state index is -0.0838. The average Bonchev–Trinajstić information content (AvgIpc) is 2.98. The number of aliphatic hydroxyl groups is 1. The molecule has 3 heteroatoms. The second-order valence-electron chi connectivity index (χ2n) is 4.56. The molecule has 0 aromatic carbocycles.